The summed E-state index contributed by atoms with van der Waals surface area (Å²) in [5.41, 5.74) is 5.34. The maximum absolute atomic E-state index is 12.4. The van der Waals surface area contributed by atoms with Gasteiger partial charge in [0.25, 0.3) is 11.5 Å². The van der Waals surface area contributed by atoms with E-state index in [1.54, 1.807) is 24.3 Å². The van der Waals surface area contributed by atoms with E-state index >= 15 is 0 Å². The van der Waals surface area contributed by atoms with Gasteiger partial charge in [0.15, 0.2) is 11.8 Å². The predicted octanol–water partition coefficient (Wildman–Crippen LogP) is 1.21. The van der Waals surface area contributed by atoms with E-state index in [0.29, 0.717) is 16.6 Å². The molecule has 0 fully saturated rings. The minimum absolute atomic E-state index is 0.0966. The molecule has 0 aliphatic heterocycles. The van der Waals surface area contributed by atoms with Gasteiger partial charge in [0.1, 0.15) is 0 Å². The Morgan fingerprint density at radius 3 is 2.36 bits per heavy atom. The zero-order valence-corrected chi connectivity index (χ0v) is 14.8. The molecule has 9 heteroatoms. The van der Waals surface area contributed by atoms with Crippen molar-refractivity contribution in [2.45, 2.75) is 13.0 Å². The van der Waals surface area contributed by atoms with E-state index in [4.69, 9.17) is 10.5 Å². The molecule has 142 valence electrons. The fourth-order valence-electron chi connectivity index (χ4n) is 2.50. The number of H-pyrrole nitrogens is 1. The van der Waals surface area contributed by atoms with Crippen LogP contribution in [0.2, 0.25) is 0 Å². The standard InChI is InChI=1S/C19H16N4O5/c1-10(17(25)21-12-8-6-11(7-9-12)16(20)24)28-19(27)15-13-4-2-3-5-14(13)18(26)23-22-15/h2-10H,1H3,(H2,20,24)(H,21,25)(H,23,26). The molecule has 3 aromatic rings. The molecule has 0 spiro atoms. The van der Waals surface area contributed by atoms with E-state index < -0.39 is 29.4 Å². The third-order valence-electron chi connectivity index (χ3n) is 3.98. The Morgan fingerprint density at radius 1 is 1.07 bits per heavy atom. The van der Waals surface area contributed by atoms with Gasteiger partial charge in [-0.25, -0.2) is 9.89 Å². The number of nitrogens with one attached hydrogen (secondary N) is 2. The molecule has 0 bridgehead atoms. The molecule has 0 aliphatic carbocycles. The first-order chi connectivity index (χ1) is 13.4. The van der Waals surface area contributed by atoms with Crippen LogP contribution >= 0.6 is 0 Å². The Hall–Kier alpha value is -4.01. The Balaban J connectivity index is 1.72. The lowest BCUT2D eigenvalue weighted by molar-refractivity contribution is -0.123. The second-order valence-corrected chi connectivity index (χ2v) is 5.93. The van der Waals surface area contributed by atoms with Gasteiger partial charge in [-0.3, -0.25) is 14.4 Å². The summed E-state index contributed by atoms with van der Waals surface area (Å²) >= 11 is 0. The van der Waals surface area contributed by atoms with Crippen molar-refractivity contribution in [3.05, 3.63) is 70.1 Å². The summed E-state index contributed by atoms with van der Waals surface area (Å²) in [7, 11) is 0. The number of anilines is 1. The van der Waals surface area contributed by atoms with Crippen molar-refractivity contribution in [3.63, 3.8) is 0 Å². The summed E-state index contributed by atoms with van der Waals surface area (Å²) in [6.45, 7) is 1.40. The van der Waals surface area contributed by atoms with Crippen molar-refractivity contribution in [2.75, 3.05) is 5.32 Å². The average Bonchev–Trinajstić information content (AvgIpc) is 2.68. The quantitative estimate of drug-likeness (QED) is 0.567. The third-order valence-corrected chi connectivity index (χ3v) is 3.98. The Bertz CT molecular complexity index is 1120. The minimum Gasteiger partial charge on any atom is -0.448 e. The summed E-state index contributed by atoms with van der Waals surface area (Å²) in [6.07, 6.45) is -1.13. The van der Waals surface area contributed by atoms with Crippen molar-refractivity contribution in [2.24, 2.45) is 5.73 Å². The first-order valence-corrected chi connectivity index (χ1v) is 8.26. The third kappa shape index (κ3) is 3.88. The van der Waals surface area contributed by atoms with Gasteiger partial charge in [0, 0.05) is 16.6 Å². The topological polar surface area (TPSA) is 144 Å². The summed E-state index contributed by atoms with van der Waals surface area (Å²) < 4.78 is 5.17. The number of carbonyl (C=O) groups is 3. The highest BCUT2D eigenvalue weighted by atomic mass is 16.5. The smallest absolute Gasteiger partial charge is 0.360 e. The van der Waals surface area contributed by atoms with Gasteiger partial charge in [0.05, 0.1) is 5.39 Å². The van der Waals surface area contributed by atoms with Crippen LogP contribution in [-0.2, 0) is 9.53 Å². The number of hydrogen-bond donors (Lipinski definition) is 3. The number of rotatable bonds is 5. The van der Waals surface area contributed by atoms with Crippen LogP contribution in [0.1, 0.15) is 27.8 Å². The number of benzene rings is 2. The average molecular weight is 380 g/mol. The molecule has 9 nitrogen and oxygen atoms in total. The molecule has 3 rings (SSSR count). The number of nitrogens with zero attached hydrogens (tertiary/aromatic N) is 1. The fourth-order valence-corrected chi connectivity index (χ4v) is 2.50. The highest BCUT2D eigenvalue weighted by Crippen LogP contribution is 2.15. The molecule has 0 aliphatic rings. The number of carbonyl (C=O) groups excluding carboxylic acids is 3. The Labute approximate surface area is 158 Å². The van der Waals surface area contributed by atoms with Gasteiger partial charge < -0.3 is 15.8 Å². The van der Waals surface area contributed by atoms with Crippen LogP contribution in [0.15, 0.2) is 53.3 Å². The van der Waals surface area contributed by atoms with Gasteiger partial charge in [-0.05, 0) is 37.3 Å². The van der Waals surface area contributed by atoms with E-state index in [0.717, 1.165) is 0 Å². The van der Waals surface area contributed by atoms with Crippen LogP contribution in [0.4, 0.5) is 5.69 Å². The maximum atomic E-state index is 12.4. The summed E-state index contributed by atoms with van der Waals surface area (Å²) in [5, 5.41) is 9.15. The van der Waals surface area contributed by atoms with E-state index in [1.165, 1.54) is 31.2 Å². The highest BCUT2D eigenvalue weighted by Gasteiger charge is 2.22. The van der Waals surface area contributed by atoms with Crippen molar-refractivity contribution in [3.8, 4) is 0 Å². The zero-order valence-electron chi connectivity index (χ0n) is 14.8. The molecule has 1 atom stereocenters. The molecule has 0 saturated heterocycles. The largest absolute Gasteiger partial charge is 0.448 e. The van der Waals surface area contributed by atoms with E-state index in [-0.39, 0.29) is 11.1 Å². The lowest BCUT2D eigenvalue weighted by Gasteiger charge is -2.14. The van der Waals surface area contributed by atoms with Crippen LogP contribution in [0.3, 0.4) is 0 Å². The number of esters is 1. The lowest BCUT2D eigenvalue weighted by Crippen LogP contribution is -2.30. The summed E-state index contributed by atoms with van der Waals surface area (Å²) in [4.78, 5) is 47.5. The maximum Gasteiger partial charge on any atom is 0.360 e. The number of ether oxygens (including phenoxy) is 1. The molecule has 0 saturated carbocycles. The molecular weight excluding hydrogens is 364 g/mol. The number of aromatic amines is 1. The Morgan fingerprint density at radius 2 is 1.71 bits per heavy atom. The monoisotopic (exact) mass is 380 g/mol. The number of amides is 2. The zero-order chi connectivity index (χ0) is 20.3. The van der Waals surface area contributed by atoms with Crippen LogP contribution < -0.4 is 16.6 Å². The molecule has 2 amide bonds. The van der Waals surface area contributed by atoms with Crippen LogP contribution in [0.25, 0.3) is 10.8 Å². The molecule has 28 heavy (non-hydrogen) atoms. The number of nitrogens with two attached hydrogens (primary N) is 1. The molecule has 1 aromatic heterocycles. The second kappa shape index (κ2) is 7.70. The molecule has 2 aromatic carbocycles. The molecular formula is C19H16N4O5. The van der Waals surface area contributed by atoms with E-state index in [9.17, 15) is 19.2 Å². The van der Waals surface area contributed by atoms with Crippen molar-refractivity contribution >= 4 is 34.2 Å². The number of fused-ring (bicyclic) bond motifs is 1. The van der Waals surface area contributed by atoms with Gasteiger partial charge in [-0.1, -0.05) is 18.2 Å². The normalized spacial score (nSPS) is 11.6. The molecule has 4 N–H and O–H groups in total. The van der Waals surface area contributed by atoms with Crippen LogP contribution in [0, 0.1) is 0 Å². The summed E-state index contributed by atoms with van der Waals surface area (Å²) in [6, 6.07) is 12.4. The van der Waals surface area contributed by atoms with Gasteiger partial charge >= 0.3 is 5.97 Å². The fraction of sp³-hybridized carbons (Fsp3) is 0.105. The highest BCUT2D eigenvalue weighted by molar-refractivity contribution is 6.03. The van der Waals surface area contributed by atoms with Gasteiger partial charge in [-0.15, -0.1) is 0 Å². The van der Waals surface area contributed by atoms with E-state index in [2.05, 4.69) is 15.5 Å². The second-order valence-electron chi connectivity index (χ2n) is 5.93. The van der Waals surface area contributed by atoms with Gasteiger partial charge in [-0.2, -0.15) is 5.10 Å². The van der Waals surface area contributed by atoms with E-state index in [1.807, 2.05) is 0 Å². The predicted molar refractivity (Wildman–Crippen MR) is 101 cm³/mol. The van der Waals surface area contributed by atoms with Gasteiger partial charge in [0.2, 0.25) is 5.91 Å². The number of aromatic nitrogens is 2. The SMILES string of the molecule is CC(OC(=O)c1n[nH]c(=O)c2ccccc12)C(=O)Nc1ccc(C(N)=O)cc1. The summed E-state index contributed by atoms with van der Waals surface area (Å²) in [5.74, 6) is -2.01. The van der Waals surface area contributed by atoms with Crippen molar-refractivity contribution in [1.29, 1.82) is 0 Å². The first kappa shape index (κ1) is 18.8. The van der Waals surface area contributed by atoms with Crippen molar-refractivity contribution < 1.29 is 19.1 Å². The molecule has 0 radical (unpaired) electrons. The minimum atomic E-state index is -1.13. The number of hydrogen-bond acceptors (Lipinski definition) is 6. The molecule has 1 heterocycles. The Kier molecular flexibility index (Phi) is 5.16. The van der Waals surface area contributed by atoms with Crippen LogP contribution in [0.5, 0.6) is 0 Å². The number of primary amides is 1. The first-order valence-electron chi connectivity index (χ1n) is 8.26. The lowest BCUT2D eigenvalue weighted by atomic mass is 10.1. The molecule has 1 unspecified atom stereocenters. The van der Waals surface area contributed by atoms with Crippen molar-refractivity contribution in [1.82, 2.24) is 10.2 Å². The van der Waals surface area contributed by atoms with Crippen LogP contribution in [-0.4, -0.2) is 34.1 Å².